The van der Waals surface area contributed by atoms with Crippen molar-refractivity contribution < 1.29 is 22.7 Å². The Morgan fingerprint density at radius 3 is 2.53 bits per heavy atom. The molecule has 0 amide bonds. The predicted molar refractivity (Wildman–Crippen MR) is 123 cm³/mol. The van der Waals surface area contributed by atoms with Crippen LogP contribution in [0, 0.1) is 35.3 Å². The number of oxazole rings is 1. The molecule has 0 aliphatic rings. The average molecular weight is 509 g/mol. The van der Waals surface area contributed by atoms with Crippen LogP contribution in [-0.4, -0.2) is 26.6 Å². The van der Waals surface area contributed by atoms with E-state index in [1.54, 1.807) is 27.7 Å². The number of halogens is 4. The lowest BCUT2D eigenvalue weighted by Gasteiger charge is -2.21. The number of aromatic nitrogens is 3. The number of esters is 1. The van der Waals surface area contributed by atoms with E-state index in [-0.39, 0.29) is 33.6 Å². The van der Waals surface area contributed by atoms with Gasteiger partial charge in [-0.1, -0.05) is 17.7 Å². The van der Waals surface area contributed by atoms with Crippen molar-refractivity contribution in [2.24, 2.45) is 5.41 Å². The van der Waals surface area contributed by atoms with E-state index >= 15 is 0 Å². The Hall–Kier alpha value is -3.22. The Labute approximate surface area is 204 Å². The second kappa shape index (κ2) is 9.95. The van der Waals surface area contributed by atoms with Gasteiger partial charge in [0.15, 0.2) is 5.76 Å². The van der Waals surface area contributed by atoms with Gasteiger partial charge >= 0.3 is 5.97 Å². The Morgan fingerprint density at radius 2 is 1.97 bits per heavy atom. The maximum Gasteiger partial charge on any atom is 0.318 e. The normalized spacial score (nSPS) is 12.3. The second-order valence-corrected chi connectivity index (χ2v) is 8.57. The van der Waals surface area contributed by atoms with E-state index in [4.69, 9.17) is 32.4 Å². The molecule has 0 aliphatic carbocycles. The molecule has 0 atom stereocenters. The van der Waals surface area contributed by atoms with Crippen LogP contribution in [0.1, 0.15) is 37.9 Å². The summed E-state index contributed by atoms with van der Waals surface area (Å²) in [5.41, 5.74) is -1.36. The number of alkyl halides is 1. The molecular formula is C23H20Cl2F2N4O3. The van der Waals surface area contributed by atoms with Gasteiger partial charge in [0.2, 0.25) is 5.89 Å². The first-order chi connectivity index (χ1) is 16.0. The molecule has 0 spiro atoms. The highest BCUT2D eigenvalue weighted by Crippen LogP contribution is 2.36. The molecule has 3 rings (SSSR count). The molecule has 2 heterocycles. The molecule has 7 nitrogen and oxygen atoms in total. The lowest BCUT2D eigenvalue weighted by atomic mass is 9.97. The van der Waals surface area contributed by atoms with Crippen LogP contribution in [0.2, 0.25) is 5.02 Å². The number of hydrogen-bond acceptors (Lipinski definition) is 6. The Kier molecular flexibility index (Phi) is 7.44. The van der Waals surface area contributed by atoms with Crippen LogP contribution < -0.4 is 0 Å². The summed E-state index contributed by atoms with van der Waals surface area (Å²) in [5, 5.41) is 14.5. The van der Waals surface area contributed by atoms with Crippen LogP contribution in [0.3, 0.4) is 0 Å². The minimum Gasteiger partial charge on any atom is -0.444 e. The van der Waals surface area contributed by atoms with Crippen molar-refractivity contribution in [3.05, 3.63) is 58.2 Å². The van der Waals surface area contributed by atoms with Crippen molar-refractivity contribution in [1.29, 1.82) is 5.26 Å². The number of ether oxygens (including phenoxy) is 1. The molecule has 0 aliphatic heterocycles. The smallest absolute Gasteiger partial charge is 0.318 e. The van der Waals surface area contributed by atoms with Gasteiger partial charge in [-0.15, -0.1) is 11.6 Å². The van der Waals surface area contributed by atoms with Gasteiger partial charge in [0.1, 0.15) is 46.5 Å². The highest BCUT2D eigenvalue weighted by molar-refractivity contribution is 6.33. The van der Waals surface area contributed by atoms with Crippen LogP contribution in [-0.2, 0) is 16.1 Å². The number of carbonyl (C=O) groups excluding carboxylic acids is 1. The highest BCUT2D eigenvalue weighted by Gasteiger charge is 2.33. The average Bonchev–Trinajstić information content (AvgIpc) is 3.38. The first-order valence-corrected chi connectivity index (χ1v) is 11.0. The van der Waals surface area contributed by atoms with Gasteiger partial charge in [0.05, 0.1) is 16.1 Å². The third-order valence-corrected chi connectivity index (χ3v) is 6.05. The Bertz CT molecular complexity index is 1300. The molecule has 1 aromatic carbocycles. The lowest BCUT2D eigenvalue weighted by molar-refractivity contribution is -0.145. The van der Waals surface area contributed by atoms with E-state index in [1.807, 2.05) is 6.07 Å². The third kappa shape index (κ3) is 4.69. The van der Waals surface area contributed by atoms with Gasteiger partial charge < -0.3 is 9.15 Å². The van der Waals surface area contributed by atoms with Crippen LogP contribution in [0.5, 0.6) is 0 Å². The summed E-state index contributed by atoms with van der Waals surface area (Å²) in [4.78, 5) is 17.0. The van der Waals surface area contributed by atoms with Gasteiger partial charge in [0, 0.05) is 12.4 Å². The monoisotopic (exact) mass is 508 g/mol. The fourth-order valence-electron chi connectivity index (χ4n) is 2.94. The quantitative estimate of drug-likeness (QED) is 0.168. The van der Waals surface area contributed by atoms with E-state index in [1.165, 1.54) is 10.7 Å². The summed E-state index contributed by atoms with van der Waals surface area (Å²) < 4.78 is 40.8. The van der Waals surface area contributed by atoms with Crippen molar-refractivity contribution in [3.8, 4) is 17.5 Å². The van der Waals surface area contributed by atoms with Gasteiger partial charge in [-0.2, -0.15) is 10.4 Å². The zero-order valence-electron chi connectivity index (χ0n) is 18.7. The summed E-state index contributed by atoms with van der Waals surface area (Å²) in [7, 11) is 0. The number of hydrogen-bond donors (Lipinski definition) is 0. The van der Waals surface area contributed by atoms with Gasteiger partial charge in [-0.3, -0.25) is 9.48 Å². The van der Waals surface area contributed by atoms with E-state index in [2.05, 4.69) is 10.1 Å². The topological polar surface area (TPSA) is 93.9 Å². The Balaban J connectivity index is 2.26. The largest absolute Gasteiger partial charge is 0.444 e. The number of nitriles is 1. The molecule has 178 valence electrons. The van der Waals surface area contributed by atoms with Crippen molar-refractivity contribution in [1.82, 2.24) is 14.8 Å². The second-order valence-electron chi connectivity index (χ2n) is 7.92. The van der Waals surface area contributed by atoms with E-state index < -0.39 is 34.5 Å². The molecule has 0 radical (unpaired) electrons. The van der Waals surface area contributed by atoms with Crippen LogP contribution in [0.4, 0.5) is 8.78 Å². The van der Waals surface area contributed by atoms with Gasteiger partial charge in [-0.05, 0) is 39.8 Å². The maximum atomic E-state index is 14.2. The first kappa shape index (κ1) is 25.4. The standard InChI is InChI=1S/C23H20Cl2F2N4O3/c1-5-31-19(18(25)12(2)30-31)20(34-22(32)23(3,4)11-24)13(9-28)16-10-33-21(29-16)17-14(26)7-6-8-15(17)27/h6-8,10H,5,11H2,1-4H3. The fraction of sp³-hybridized carbons (Fsp3) is 0.304. The summed E-state index contributed by atoms with van der Waals surface area (Å²) in [6, 6.07) is 5.23. The molecular weight excluding hydrogens is 489 g/mol. The fourth-order valence-corrected chi connectivity index (χ4v) is 3.27. The number of benzene rings is 1. The van der Waals surface area contributed by atoms with E-state index in [0.29, 0.717) is 12.2 Å². The number of rotatable bonds is 7. The highest BCUT2D eigenvalue weighted by atomic mass is 35.5. The minimum atomic E-state index is -1.10. The lowest BCUT2D eigenvalue weighted by Crippen LogP contribution is -2.28. The molecule has 0 saturated heterocycles. The van der Waals surface area contributed by atoms with Gasteiger partial charge in [-0.25, -0.2) is 13.8 Å². The molecule has 0 N–H and O–H groups in total. The molecule has 3 aromatic rings. The van der Waals surface area contributed by atoms with Crippen LogP contribution >= 0.6 is 23.2 Å². The molecule has 34 heavy (non-hydrogen) atoms. The van der Waals surface area contributed by atoms with Gasteiger partial charge in [0.25, 0.3) is 0 Å². The molecule has 0 saturated carbocycles. The van der Waals surface area contributed by atoms with Crippen molar-refractivity contribution in [2.75, 3.05) is 5.88 Å². The van der Waals surface area contributed by atoms with Crippen molar-refractivity contribution >= 4 is 40.5 Å². The molecule has 11 heteroatoms. The SMILES string of the molecule is CCn1nc(C)c(Cl)c1C(OC(=O)C(C)(C)CCl)=C(C#N)c1coc(-c2c(F)cccc2F)n1. The molecule has 0 fully saturated rings. The van der Waals surface area contributed by atoms with Crippen LogP contribution in [0.15, 0.2) is 28.9 Å². The number of nitrogens with zero attached hydrogens (tertiary/aromatic N) is 4. The van der Waals surface area contributed by atoms with Crippen molar-refractivity contribution in [2.45, 2.75) is 34.2 Å². The maximum absolute atomic E-state index is 14.2. The van der Waals surface area contributed by atoms with E-state index in [9.17, 15) is 18.8 Å². The summed E-state index contributed by atoms with van der Waals surface area (Å²) in [6.45, 7) is 6.93. The first-order valence-electron chi connectivity index (χ1n) is 10.1. The molecule has 2 aromatic heterocycles. The van der Waals surface area contributed by atoms with Crippen molar-refractivity contribution in [3.63, 3.8) is 0 Å². The predicted octanol–water partition coefficient (Wildman–Crippen LogP) is 6.00. The van der Waals surface area contributed by atoms with Crippen LogP contribution in [0.25, 0.3) is 22.8 Å². The molecule has 0 bridgehead atoms. The third-order valence-electron chi connectivity index (χ3n) is 4.93. The summed E-state index contributed by atoms with van der Waals surface area (Å²) in [6.07, 6.45) is 1.04. The minimum absolute atomic E-state index is 0.0541. The summed E-state index contributed by atoms with van der Waals surface area (Å²) in [5.74, 6) is -3.19. The number of carbonyl (C=O) groups is 1. The molecule has 0 unspecified atom stereocenters. The number of aryl methyl sites for hydroxylation is 2. The number of allylic oxidation sites excluding steroid dienone is 1. The Morgan fingerprint density at radius 1 is 1.32 bits per heavy atom. The summed E-state index contributed by atoms with van der Waals surface area (Å²) >= 11 is 12.4. The van der Waals surface area contributed by atoms with E-state index in [0.717, 1.165) is 18.4 Å². The zero-order chi connectivity index (χ0) is 25.2. The zero-order valence-corrected chi connectivity index (χ0v) is 20.3.